The van der Waals surface area contributed by atoms with Gasteiger partial charge in [0.2, 0.25) is 0 Å². The standard InChI is InChI=1S/C23H25F2N3O3.C16H32O.C8H8O.2C2H6/c1-3-17-20-23(31)28-13(2)5-4-6-16(28)11-27(20)12-18(21(17)29)22(30)26-10-14-7-8-15(24)9-19(14)25;1-4-5-6-7-8-9-10-11-12-13-14-15-16(2)17-3;1-7-4-2-3-5-8(7)6-9;2*1-2/h7-9,12-13,16H,3-6,10-11H2,1-2H3,(H,26,30);2,4-15H2,1,3H3;2-6H,1H3;2*1-2H3. The highest BCUT2D eigenvalue weighted by atomic mass is 19.1. The number of aromatic nitrogens is 1. The number of aldehydes is 1. The fraction of sp³-hybridized carbons (Fsp3) is 0.569. The average Bonchev–Trinajstić information content (AvgIpc) is 3.27. The molecule has 2 aliphatic rings. The predicted molar refractivity (Wildman–Crippen MR) is 247 cm³/mol. The number of pyridine rings is 1. The van der Waals surface area contributed by atoms with Crippen molar-refractivity contribution >= 4 is 18.1 Å². The van der Waals surface area contributed by atoms with Crippen molar-refractivity contribution < 1.29 is 27.9 Å². The SMILES string of the molecule is C=C(CCCCCCCCCCCCC)OC.CC.CC.CCc1c2n(cc(C(=O)NCc3ccc(F)cc3F)c1=O)CC1CCCC(C)N1C2=O.Cc1ccccc1C=O. The van der Waals surface area contributed by atoms with Crippen LogP contribution in [0.15, 0.2) is 65.8 Å². The van der Waals surface area contributed by atoms with E-state index in [0.717, 1.165) is 61.0 Å². The molecular formula is C51H77F2N3O5. The number of halogens is 2. The number of carbonyl (C=O) groups excluding carboxylic acids is 3. The summed E-state index contributed by atoms with van der Waals surface area (Å²) in [6, 6.07) is 10.8. The number of amides is 2. The summed E-state index contributed by atoms with van der Waals surface area (Å²) in [5, 5.41) is 2.54. The van der Waals surface area contributed by atoms with E-state index in [1.54, 1.807) is 18.6 Å². The topological polar surface area (TPSA) is 97.7 Å². The van der Waals surface area contributed by atoms with Gasteiger partial charge in [-0.3, -0.25) is 19.2 Å². The number of benzene rings is 2. The summed E-state index contributed by atoms with van der Waals surface area (Å²) in [7, 11) is 1.71. The van der Waals surface area contributed by atoms with E-state index in [1.807, 2.05) is 70.7 Å². The fourth-order valence-electron chi connectivity index (χ4n) is 7.53. The molecule has 61 heavy (non-hydrogen) atoms. The number of nitrogens with one attached hydrogen (secondary N) is 1. The molecule has 0 saturated carbocycles. The number of hydrogen-bond acceptors (Lipinski definition) is 5. The van der Waals surface area contributed by atoms with Crippen molar-refractivity contribution in [3.05, 3.63) is 116 Å². The second kappa shape index (κ2) is 31.3. The summed E-state index contributed by atoms with van der Waals surface area (Å²) in [5.41, 5.74) is 2.05. The zero-order valence-corrected chi connectivity index (χ0v) is 39.0. The van der Waals surface area contributed by atoms with Gasteiger partial charge in [0.1, 0.15) is 29.2 Å². The van der Waals surface area contributed by atoms with Gasteiger partial charge >= 0.3 is 0 Å². The maximum absolute atomic E-state index is 13.9. The smallest absolute Gasteiger partial charge is 0.271 e. The Morgan fingerprint density at radius 1 is 0.902 bits per heavy atom. The number of allylic oxidation sites excluding steroid dienone is 1. The van der Waals surface area contributed by atoms with Gasteiger partial charge in [0, 0.05) is 54.5 Å². The van der Waals surface area contributed by atoms with E-state index in [9.17, 15) is 28.0 Å². The van der Waals surface area contributed by atoms with Crippen LogP contribution in [-0.4, -0.2) is 46.8 Å². The van der Waals surface area contributed by atoms with Gasteiger partial charge < -0.3 is 19.5 Å². The summed E-state index contributed by atoms with van der Waals surface area (Å²) in [6.45, 7) is 20.2. The molecule has 0 radical (unpaired) electrons. The van der Waals surface area contributed by atoms with Crippen LogP contribution in [0.4, 0.5) is 8.78 Å². The number of unbranched alkanes of at least 4 members (excludes halogenated alkanes) is 10. The molecule has 3 aromatic rings. The summed E-state index contributed by atoms with van der Waals surface area (Å²) in [4.78, 5) is 51.2. The van der Waals surface area contributed by atoms with Crippen LogP contribution in [0.5, 0.6) is 0 Å². The molecule has 8 nitrogen and oxygen atoms in total. The monoisotopic (exact) mass is 850 g/mol. The minimum atomic E-state index is -0.770. The van der Waals surface area contributed by atoms with Crippen LogP contribution in [0.1, 0.15) is 193 Å². The zero-order valence-electron chi connectivity index (χ0n) is 39.0. The fourth-order valence-corrected chi connectivity index (χ4v) is 7.53. The quantitative estimate of drug-likeness (QED) is 0.0781. The van der Waals surface area contributed by atoms with Gasteiger partial charge in [0.05, 0.1) is 18.9 Å². The van der Waals surface area contributed by atoms with E-state index in [1.165, 1.54) is 82.9 Å². The normalized spacial score (nSPS) is 14.7. The summed E-state index contributed by atoms with van der Waals surface area (Å²) >= 11 is 0. The number of carbonyl (C=O) groups is 3. The average molecular weight is 850 g/mol. The molecule has 10 heteroatoms. The lowest BCUT2D eigenvalue weighted by atomic mass is 9.92. The Hall–Kier alpha value is -4.60. The molecule has 1 saturated heterocycles. The molecule has 2 aromatic carbocycles. The van der Waals surface area contributed by atoms with Crippen molar-refractivity contribution in [2.45, 2.75) is 183 Å². The molecule has 0 spiro atoms. The van der Waals surface area contributed by atoms with Crippen molar-refractivity contribution in [2.24, 2.45) is 0 Å². The van der Waals surface area contributed by atoms with Crippen molar-refractivity contribution in [3.63, 3.8) is 0 Å². The Morgan fingerprint density at radius 3 is 2.05 bits per heavy atom. The van der Waals surface area contributed by atoms with E-state index in [2.05, 4.69) is 18.8 Å². The molecule has 5 rings (SSSR count). The number of fused-ring (bicyclic) bond motifs is 2. The van der Waals surface area contributed by atoms with E-state index in [0.29, 0.717) is 24.2 Å². The lowest BCUT2D eigenvalue weighted by molar-refractivity contribution is 0.0359. The molecule has 1 N–H and O–H groups in total. The zero-order chi connectivity index (χ0) is 45.7. The summed E-state index contributed by atoms with van der Waals surface area (Å²) in [5.74, 6) is -1.35. The molecule has 340 valence electrons. The third kappa shape index (κ3) is 18.1. The lowest BCUT2D eigenvalue weighted by Gasteiger charge is -2.45. The minimum Gasteiger partial charge on any atom is -0.502 e. The van der Waals surface area contributed by atoms with Gasteiger partial charge in [-0.1, -0.05) is 143 Å². The molecular weight excluding hydrogens is 773 g/mol. The third-order valence-corrected chi connectivity index (χ3v) is 11.0. The van der Waals surface area contributed by atoms with Crippen LogP contribution in [0.3, 0.4) is 0 Å². The van der Waals surface area contributed by atoms with Crippen LogP contribution in [0, 0.1) is 18.6 Å². The molecule has 2 unspecified atom stereocenters. The third-order valence-electron chi connectivity index (χ3n) is 11.0. The van der Waals surface area contributed by atoms with E-state index in [4.69, 9.17) is 4.74 Å². The number of rotatable bonds is 18. The number of ether oxygens (including phenoxy) is 1. The second-order valence-electron chi connectivity index (χ2n) is 15.3. The Bertz CT molecular complexity index is 1820. The summed E-state index contributed by atoms with van der Waals surface area (Å²) in [6.07, 6.45) is 21.9. The number of methoxy groups -OCH3 is 1. The molecule has 1 fully saturated rings. The van der Waals surface area contributed by atoms with Gasteiger partial charge in [-0.25, -0.2) is 8.78 Å². The van der Waals surface area contributed by atoms with Crippen LogP contribution in [-0.2, 0) is 24.2 Å². The van der Waals surface area contributed by atoms with E-state index in [-0.39, 0.29) is 35.7 Å². The first-order valence-electron chi connectivity index (χ1n) is 23.0. The number of nitrogens with zero attached hydrogens (tertiary/aromatic N) is 2. The van der Waals surface area contributed by atoms with E-state index >= 15 is 0 Å². The number of hydrogen-bond donors (Lipinski definition) is 1. The first kappa shape index (κ1) is 54.4. The van der Waals surface area contributed by atoms with Crippen molar-refractivity contribution in [3.8, 4) is 0 Å². The number of piperidine rings is 1. The Labute approximate surface area is 366 Å². The van der Waals surface area contributed by atoms with Gasteiger partial charge in [-0.05, 0) is 57.6 Å². The van der Waals surface area contributed by atoms with Crippen LogP contribution in [0.2, 0.25) is 0 Å². The molecule has 2 aliphatic heterocycles. The Balaban J connectivity index is 0.000000520. The van der Waals surface area contributed by atoms with E-state index < -0.39 is 23.0 Å². The van der Waals surface area contributed by atoms with Crippen molar-refractivity contribution in [1.82, 2.24) is 14.8 Å². The molecule has 2 amide bonds. The van der Waals surface area contributed by atoms with Gasteiger partial charge in [0.15, 0.2) is 5.43 Å². The highest BCUT2D eigenvalue weighted by molar-refractivity contribution is 5.98. The van der Waals surface area contributed by atoms with Crippen molar-refractivity contribution in [2.75, 3.05) is 7.11 Å². The highest BCUT2D eigenvalue weighted by Crippen LogP contribution is 2.30. The molecule has 3 heterocycles. The predicted octanol–water partition coefficient (Wildman–Crippen LogP) is 12.7. The minimum absolute atomic E-state index is 0.0418. The van der Waals surface area contributed by atoms with Gasteiger partial charge in [-0.2, -0.15) is 0 Å². The second-order valence-corrected chi connectivity index (χ2v) is 15.3. The summed E-state index contributed by atoms with van der Waals surface area (Å²) < 4.78 is 33.7. The van der Waals surface area contributed by atoms with Crippen LogP contribution >= 0.6 is 0 Å². The first-order chi connectivity index (χ1) is 29.5. The lowest BCUT2D eigenvalue weighted by Crippen LogP contribution is -2.55. The molecule has 1 aromatic heterocycles. The van der Waals surface area contributed by atoms with Crippen molar-refractivity contribution in [1.29, 1.82) is 0 Å². The van der Waals surface area contributed by atoms with Crippen LogP contribution in [0.25, 0.3) is 0 Å². The molecule has 2 atom stereocenters. The maximum atomic E-state index is 13.9. The van der Waals surface area contributed by atoms with Gasteiger partial charge in [0.25, 0.3) is 11.8 Å². The largest absolute Gasteiger partial charge is 0.502 e. The first-order valence-corrected chi connectivity index (χ1v) is 23.0. The number of aryl methyl sites for hydroxylation is 1. The maximum Gasteiger partial charge on any atom is 0.271 e. The molecule has 0 aliphatic carbocycles. The molecule has 0 bridgehead atoms. The van der Waals surface area contributed by atoms with Crippen LogP contribution < -0.4 is 10.7 Å². The highest BCUT2D eigenvalue weighted by Gasteiger charge is 2.39. The van der Waals surface area contributed by atoms with Gasteiger partial charge in [-0.15, -0.1) is 0 Å². The Morgan fingerprint density at radius 2 is 1.51 bits per heavy atom. The Kier molecular flexibility index (Phi) is 27.9.